The lowest BCUT2D eigenvalue weighted by atomic mass is 9.89. The van der Waals surface area contributed by atoms with Crippen LogP contribution in [0.2, 0.25) is 0 Å². The van der Waals surface area contributed by atoms with Crippen LogP contribution in [-0.2, 0) is 25.3 Å². The van der Waals surface area contributed by atoms with E-state index in [1.165, 1.54) is 7.11 Å². The van der Waals surface area contributed by atoms with Crippen LogP contribution in [0.1, 0.15) is 49.3 Å². The van der Waals surface area contributed by atoms with Gasteiger partial charge < -0.3 is 14.2 Å². The van der Waals surface area contributed by atoms with Crippen molar-refractivity contribution in [1.82, 2.24) is 0 Å². The van der Waals surface area contributed by atoms with E-state index < -0.39 is 10.0 Å². The lowest BCUT2D eigenvalue weighted by Crippen LogP contribution is -2.17. The van der Waals surface area contributed by atoms with Gasteiger partial charge in [0.25, 0.3) is 0 Å². The summed E-state index contributed by atoms with van der Waals surface area (Å²) < 4.78 is 39.6. The zero-order valence-corrected chi connectivity index (χ0v) is 18.0. The average Bonchev–Trinajstić information content (AvgIpc) is 2.71. The van der Waals surface area contributed by atoms with Gasteiger partial charge in [-0.3, -0.25) is 4.79 Å². The fourth-order valence-electron chi connectivity index (χ4n) is 3.78. The fraction of sp³-hybridized carbons (Fsp3) is 0.409. The number of sulfonamides is 1. The number of nitrogens with two attached hydrogens (primary N) is 1. The minimum atomic E-state index is -3.64. The first-order chi connectivity index (χ1) is 14.3. The van der Waals surface area contributed by atoms with Gasteiger partial charge >= 0.3 is 5.97 Å². The molecule has 0 aliphatic carbocycles. The van der Waals surface area contributed by atoms with Crippen LogP contribution < -0.4 is 14.6 Å². The molecule has 2 aromatic carbocycles. The number of hydrogen-bond acceptors (Lipinski definition) is 6. The molecule has 2 N–H and O–H groups in total. The number of ether oxygens (including phenoxy) is 3. The molecule has 2 aromatic rings. The molecule has 3 rings (SSSR count). The third-order valence-electron chi connectivity index (χ3n) is 5.15. The highest BCUT2D eigenvalue weighted by Gasteiger charge is 2.28. The topological polar surface area (TPSA) is 105 Å². The number of fused-ring (bicyclic) bond motifs is 3. The molecule has 0 aromatic heterocycles. The molecule has 0 amide bonds. The minimum Gasteiger partial charge on any atom is -0.496 e. The van der Waals surface area contributed by atoms with Crippen LogP contribution in [0.4, 0.5) is 0 Å². The van der Waals surface area contributed by atoms with E-state index >= 15 is 0 Å². The largest absolute Gasteiger partial charge is 0.496 e. The van der Waals surface area contributed by atoms with E-state index in [9.17, 15) is 13.2 Å². The molecule has 0 fully saturated rings. The average molecular weight is 434 g/mol. The molecule has 0 bridgehead atoms. The molecule has 1 aliphatic heterocycles. The Kier molecular flexibility index (Phi) is 6.99. The number of rotatable bonds is 9. The molecule has 0 radical (unpaired) electrons. The Hall–Kier alpha value is -2.58. The van der Waals surface area contributed by atoms with Crippen LogP contribution in [0.5, 0.6) is 11.5 Å². The molecule has 7 nitrogen and oxygen atoms in total. The van der Waals surface area contributed by atoms with Gasteiger partial charge in [-0.05, 0) is 42.5 Å². The minimum absolute atomic E-state index is 0.206. The summed E-state index contributed by atoms with van der Waals surface area (Å²) >= 11 is 0. The first-order valence-corrected chi connectivity index (χ1v) is 11.6. The van der Waals surface area contributed by atoms with E-state index in [1.807, 2.05) is 30.3 Å². The zero-order chi connectivity index (χ0) is 21.7. The van der Waals surface area contributed by atoms with E-state index in [0.29, 0.717) is 17.7 Å². The second-order valence-corrected chi connectivity index (χ2v) is 8.96. The molecule has 162 valence electrons. The molecular formula is C22H27NO6S. The predicted molar refractivity (Wildman–Crippen MR) is 114 cm³/mol. The van der Waals surface area contributed by atoms with Crippen molar-refractivity contribution in [3.63, 3.8) is 0 Å². The molecule has 0 spiro atoms. The third-order valence-corrected chi connectivity index (χ3v) is 5.89. The van der Waals surface area contributed by atoms with Crippen LogP contribution in [0.15, 0.2) is 36.4 Å². The van der Waals surface area contributed by atoms with Gasteiger partial charge in [0.15, 0.2) is 0 Å². The smallest absolute Gasteiger partial charge is 0.305 e. The Morgan fingerprint density at radius 2 is 1.93 bits per heavy atom. The number of hydrogen-bond donors (Lipinski definition) is 1. The van der Waals surface area contributed by atoms with Gasteiger partial charge in [-0.1, -0.05) is 30.7 Å². The highest BCUT2D eigenvalue weighted by atomic mass is 32.2. The van der Waals surface area contributed by atoms with E-state index in [-0.39, 0.29) is 17.8 Å². The summed E-state index contributed by atoms with van der Waals surface area (Å²) in [5.41, 5.74) is 3.36. The molecule has 0 saturated carbocycles. The first-order valence-electron chi connectivity index (χ1n) is 9.86. The SMILES string of the molecule is COC(=O)CCCCCC1Oc2cccc(OC)c2-c2ccc(CS(N)(=O)=O)cc21. The molecule has 1 heterocycles. The highest BCUT2D eigenvalue weighted by molar-refractivity contribution is 7.88. The van der Waals surface area contributed by atoms with Crippen molar-refractivity contribution >= 4 is 16.0 Å². The lowest BCUT2D eigenvalue weighted by molar-refractivity contribution is -0.140. The third kappa shape index (κ3) is 5.31. The monoisotopic (exact) mass is 433 g/mol. The molecule has 8 heteroatoms. The summed E-state index contributed by atoms with van der Waals surface area (Å²) in [6.45, 7) is 0. The summed E-state index contributed by atoms with van der Waals surface area (Å²) in [4.78, 5) is 11.3. The van der Waals surface area contributed by atoms with Crippen molar-refractivity contribution in [2.45, 2.75) is 44.0 Å². The van der Waals surface area contributed by atoms with Gasteiger partial charge in [-0.2, -0.15) is 0 Å². The standard InChI is InChI=1S/C22H27NO6S/c1-27-19-8-6-9-20-22(19)16-12-11-15(14-30(23,25)26)13-17(16)18(29-20)7-4-3-5-10-21(24)28-2/h6,8-9,11-13,18H,3-5,7,10,14H2,1-2H3,(H2,23,25,26). The van der Waals surface area contributed by atoms with Gasteiger partial charge in [0.1, 0.15) is 17.6 Å². The van der Waals surface area contributed by atoms with Crippen LogP contribution in [0, 0.1) is 0 Å². The van der Waals surface area contributed by atoms with Crippen molar-refractivity contribution < 1.29 is 27.4 Å². The zero-order valence-electron chi connectivity index (χ0n) is 17.2. The second-order valence-electron chi connectivity index (χ2n) is 7.34. The molecule has 0 saturated heterocycles. The van der Waals surface area contributed by atoms with Gasteiger partial charge in [0, 0.05) is 12.0 Å². The number of primary sulfonamides is 1. The Labute approximate surface area is 177 Å². The summed E-state index contributed by atoms with van der Waals surface area (Å²) in [5, 5.41) is 5.23. The van der Waals surface area contributed by atoms with E-state index in [4.69, 9.17) is 14.6 Å². The van der Waals surface area contributed by atoms with Crippen LogP contribution >= 0.6 is 0 Å². The fourth-order valence-corrected chi connectivity index (χ4v) is 4.43. The van der Waals surface area contributed by atoms with Gasteiger partial charge in [0.2, 0.25) is 10.0 Å². The quantitative estimate of drug-likeness (QED) is 0.477. The number of esters is 1. The maximum atomic E-state index is 11.6. The first kappa shape index (κ1) is 22.1. The van der Waals surface area contributed by atoms with Gasteiger partial charge in [-0.25, -0.2) is 13.6 Å². The van der Waals surface area contributed by atoms with Crippen molar-refractivity contribution in [3.05, 3.63) is 47.5 Å². The summed E-state index contributed by atoms with van der Waals surface area (Å²) in [5.74, 6) is 0.998. The van der Waals surface area contributed by atoms with Crippen molar-refractivity contribution in [3.8, 4) is 22.6 Å². The molecule has 1 aliphatic rings. The predicted octanol–water partition coefficient (Wildman–Crippen LogP) is 3.71. The Morgan fingerprint density at radius 1 is 1.13 bits per heavy atom. The van der Waals surface area contributed by atoms with E-state index in [0.717, 1.165) is 48.1 Å². The number of carbonyl (C=O) groups is 1. The molecular weight excluding hydrogens is 406 g/mol. The van der Waals surface area contributed by atoms with E-state index in [1.54, 1.807) is 13.2 Å². The highest BCUT2D eigenvalue weighted by Crippen LogP contribution is 2.48. The maximum Gasteiger partial charge on any atom is 0.305 e. The van der Waals surface area contributed by atoms with Gasteiger partial charge in [-0.15, -0.1) is 0 Å². The second kappa shape index (κ2) is 9.49. The Morgan fingerprint density at radius 3 is 2.63 bits per heavy atom. The normalized spacial score (nSPS) is 15.0. The molecule has 30 heavy (non-hydrogen) atoms. The lowest BCUT2D eigenvalue weighted by Gasteiger charge is -2.30. The van der Waals surface area contributed by atoms with Crippen molar-refractivity contribution in [1.29, 1.82) is 0 Å². The van der Waals surface area contributed by atoms with E-state index in [2.05, 4.69) is 4.74 Å². The van der Waals surface area contributed by atoms with Crippen LogP contribution in [0.3, 0.4) is 0 Å². The number of benzene rings is 2. The van der Waals surface area contributed by atoms with Crippen LogP contribution in [-0.4, -0.2) is 28.6 Å². The summed E-state index contributed by atoms with van der Waals surface area (Å²) in [6.07, 6.45) is 3.40. The molecule has 1 unspecified atom stereocenters. The number of methoxy groups -OCH3 is 2. The number of carbonyl (C=O) groups excluding carboxylic acids is 1. The Bertz CT molecular complexity index is 1020. The Balaban J connectivity index is 1.86. The van der Waals surface area contributed by atoms with Crippen LogP contribution in [0.25, 0.3) is 11.1 Å². The van der Waals surface area contributed by atoms with Gasteiger partial charge in [0.05, 0.1) is 25.5 Å². The molecule has 1 atom stereocenters. The summed E-state index contributed by atoms with van der Waals surface area (Å²) in [7, 11) is -0.641. The number of unbranched alkanes of at least 4 members (excludes halogenated alkanes) is 2. The maximum absolute atomic E-state index is 11.6. The summed E-state index contributed by atoms with van der Waals surface area (Å²) in [6, 6.07) is 11.2. The van der Waals surface area contributed by atoms with Crippen molar-refractivity contribution in [2.75, 3.05) is 14.2 Å². The van der Waals surface area contributed by atoms with Crippen molar-refractivity contribution in [2.24, 2.45) is 5.14 Å².